The van der Waals surface area contributed by atoms with Crippen LogP contribution >= 0.6 is 0 Å². The molecule has 2 aromatic carbocycles. The summed E-state index contributed by atoms with van der Waals surface area (Å²) in [6.45, 7) is 6.25. The van der Waals surface area contributed by atoms with Crippen LogP contribution in [0, 0.1) is 12.7 Å². The summed E-state index contributed by atoms with van der Waals surface area (Å²) in [6.07, 6.45) is 0. The largest absolute Gasteiger partial charge is 0.383 e. The van der Waals surface area contributed by atoms with Gasteiger partial charge in [0.05, 0.1) is 24.3 Å². The Morgan fingerprint density at radius 1 is 1.12 bits per heavy atom. The molecule has 1 aliphatic heterocycles. The number of benzene rings is 2. The zero-order valence-corrected chi connectivity index (χ0v) is 14.8. The molecule has 0 aliphatic carbocycles. The Morgan fingerprint density at radius 2 is 1.85 bits per heavy atom. The number of nitrogens with two attached hydrogens (primary N) is 1. The van der Waals surface area contributed by atoms with Gasteiger partial charge in [0.2, 0.25) is 0 Å². The van der Waals surface area contributed by atoms with Gasteiger partial charge < -0.3 is 10.5 Å². The van der Waals surface area contributed by atoms with Crippen molar-refractivity contribution in [2.24, 2.45) is 0 Å². The lowest BCUT2D eigenvalue weighted by molar-refractivity contribution is 0.0342. The average molecular weight is 351 g/mol. The summed E-state index contributed by atoms with van der Waals surface area (Å²) >= 11 is 0. The van der Waals surface area contributed by atoms with Crippen LogP contribution in [0.2, 0.25) is 0 Å². The van der Waals surface area contributed by atoms with Gasteiger partial charge in [-0.05, 0) is 30.2 Å². The van der Waals surface area contributed by atoms with E-state index in [4.69, 9.17) is 10.5 Å². The third-order valence-electron chi connectivity index (χ3n) is 4.86. The molecule has 2 heterocycles. The lowest BCUT2D eigenvalue weighted by Gasteiger charge is -2.26. The van der Waals surface area contributed by atoms with E-state index in [1.807, 2.05) is 43.3 Å². The molecule has 134 valence electrons. The Bertz CT molecular complexity index is 934. The van der Waals surface area contributed by atoms with Gasteiger partial charge in [-0.15, -0.1) is 0 Å². The number of hydrogen-bond donors (Lipinski definition) is 1. The molecule has 3 aromatic rings. The summed E-state index contributed by atoms with van der Waals surface area (Å²) in [6, 6.07) is 13.4. The number of morpholine rings is 1. The van der Waals surface area contributed by atoms with Gasteiger partial charge in [-0.25, -0.2) is 9.37 Å². The molecule has 1 aromatic heterocycles. The number of aryl methyl sites for hydroxylation is 1. The minimum absolute atomic E-state index is 0.222. The maximum Gasteiger partial charge on any atom is 0.144 e. The Balaban J connectivity index is 1.66. The number of halogens is 1. The first kappa shape index (κ1) is 16.9. The van der Waals surface area contributed by atoms with Crippen LogP contribution in [0.25, 0.3) is 22.0 Å². The molecule has 0 bridgehead atoms. The van der Waals surface area contributed by atoms with Crippen LogP contribution in [0.1, 0.15) is 11.1 Å². The van der Waals surface area contributed by atoms with E-state index in [9.17, 15) is 0 Å². The topological polar surface area (TPSA) is 51.4 Å². The van der Waals surface area contributed by atoms with E-state index in [0.717, 1.165) is 44.0 Å². The van der Waals surface area contributed by atoms with Crippen molar-refractivity contribution in [3.8, 4) is 11.1 Å². The number of anilines is 1. The van der Waals surface area contributed by atoms with Gasteiger partial charge >= 0.3 is 0 Å². The maximum atomic E-state index is 15.1. The highest BCUT2D eigenvalue weighted by atomic mass is 19.1. The van der Waals surface area contributed by atoms with Gasteiger partial charge in [0.1, 0.15) is 11.6 Å². The normalized spacial score (nSPS) is 15.5. The van der Waals surface area contributed by atoms with Crippen LogP contribution in [0.15, 0.2) is 42.5 Å². The zero-order valence-electron chi connectivity index (χ0n) is 14.8. The molecular weight excluding hydrogens is 329 g/mol. The fourth-order valence-electron chi connectivity index (χ4n) is 3.42. The second-order valence-corrected chi connectivity index (χ2v) is 6.79. The molecule has 0 amide bonds. The Morgan fingerprint density at radius 3 is 2.58 bits per heavy atom. The molecule has 2 N–H and O–H groups in total. The van der Waals surface area contributed by atoms with Gasteiger partial charge in [0.15, 0.2) is 0 Å². The fourth-order valence-corrected chi connectivity index (χ4v) is 3.42. The predicted molar refractivity (Wildman–Crippen MR) is 102 cm³/mol. The lowest BCUT2D eigenvalue weighted by Crippen LogP contribution is -2.35. The molecule has 0 saturated carbocycles. The third kappa shape index (κ3) is 3.28. The molecule has 0 atom stereocenters. The lowest BCUT2D eigenvalue weighted by atomic mass is 10.0. The highest BCUT2D eigenvalue weighted by Crippen LogP contribution is 2.33. The van der Waals surface area contributed by atoms with Crippen molar-refractivity contribution in [3.63, 3.8) is 0 Å². The monoisotopic (exact) mass is 351 g/mol. The number of nitrogens with zero attached hydrogens (tertiary/aromatic N) is 2. The van der Waals surface area contributed by atoms with E-state index in [1.54, 1.807) is 6.07 Å². The van der Waals surface area contributed by atoms with Crippen LogP contribution in [0.5, 0.6) is 0 Å². The van der Waals surface area contributed by atoms with Crippen molar-refractivity contribution in [3.05, 3.63) is 59.4 Å². The summed E-state index contributed by atoms with van der Waals surface area (Å²) in [7, 11) is 0. The van der Waals surface area contributed by atoms with Crippen LogP contribution < -0.4 is 5.73 Å². The molecule has 0 unspecified atom stereocenters. The second-order valence-electron chi connectivity index (χ2n) is 6.79. The molecule has 4 rings (SSSR count). The first-order chi connectivity index (χ1) is 12.6. The smallest absolute Gasteiger partial charge is 0.144 e. The summed E-state index contributed by atoms with van der Waals surface area (Å²) in [4.78, 5) is 6.74. The molecule has 5 heteroatoms. The van der Waals surface area contributed by atoms with Gasteiger partial charge in [-0.2, -0.15) is 0 Å². The van der Waals surface area contributed by atoms with Crippen LogP contribution in [0.4, 0.5) is 10.2 Å². The maximum absolute atomic E-state index is 15.1. The molecule has 0 radical (unpaired) electrons. The van der Waals surface area contributed by atoms with Crippen molar-refractivity contribution in [2.45, 2.75) is 13.5 Å². The van der Waals surface area contributed by atoms with E-state index >= 15 is 4.39 Å². The molecule has 0 spiro atoms. The number of pyridine rings is 1. The van der Waals surface area contributed by atoms with Crippen molar-refractivity contribution < 1.29 is 9.13 Å². The van der Waals surface area contributed by atoms with Crippen molar-refractivity contribution in [1.29, 1.82) is 0 Å². The number of fused-ring (bicyclic) bond motifs is 1. The summed E-state index contributed by atoms with van der Waals surface area (Å²) < 4.78 is 20.5. The number of rotatable bonds is 3. The van der Waals surface area contributed by atoms with E-state index in [-0.39, 0.29) is 11.6 Å². The van der Waals surface area contributed by atoms with E-state index in [2.05, 4.69) is 9.88 Å². The molecule has 4 nitrogen and oxygen atoms in total. The summed E-state index contributed by atoms with van der Waals surface area (Å²) in [5.41, 5.74) is 9.97. The van der Waals surface area contributed by atoms with Crippen LogP contribution in [-0.4, -0.2) is 36.2 Å². The van der Waals surface area contributed by atoms with Gasteiger partial charge in [0.25, 0.3) is 0 Å². The van der Waals surface area contributed by atoms with E-state index in [0.29, 0.717) is 16.5 Å². The van der Waals surface area contributed by atoms with Crippen LogP contribution in [-0.2, 0) is 11.3 Å². The third-order valence-corrected chi connectivity index (χ3v) is 4.86. The number of aromatic nitrogens is 1. The Hall–Kier alpha value is -2.50. The van der Waals surface area contributed by atoms with Gasteiger partial charge in [-0.1, -0.05) is 35.9 Å². The van der Waals surface area contributed by atoms with Crippen molar-refractivity contribution in [2.75, 3.05) is 32.0 Å². The Labute approximate surface area is 152 Å². The zero-order chi connectivity index (χ0) is 18.1. The second kappa shape index (κ2) is 7.02. The predicted octanol–water partition coefficient (Wildman–Crippen LogP) is 3.76. The summed E-state index contributed by atoms with van der Waals surface area (Å²) in [5, 5.41) is 0.506. The highest BCUT2D eigenvalue weighted by Gasteiger charge is 2.16. The van der Waals surface area contributed by atoms with Crippen LogP contribution in [0.3, 0.4) is 0 Å². The van der Waals surface area contributed by atoms with Gasteiger partial charge in [0, 0.05) is 25.0 Å². The molecule has 1 aliphatic rings. The minimum atomic E-state index is -0.308. The van der Waals surface area contributed by atoms with Gasteiger partial charge in [-0.3, -0.25) is 4.90 Å². The first-order valence-electron chi connectivity index (χ1n) is 8.86. The number of hydrogen-bond acceptors (Lipinski definition) is 4. The first-order valence-corrected chi connectivity index (χ1v) is 8.86. The molecule has 1 fully saturated rings. The average Bonchev–Trinajstić information content (AvgIpc) is 2.65. The SMILES string of the molecule is Cc1ccc2nc(N)c(-c3ccc(CN4CCOCC4)cc3)c(F)c2c1. The Kier molecular flexibility index (Phi) is 4.57. The molecule has 1 saturated heterocycles. The van der Waals surface area contributed by atoms with Crippen molar-refractivity contribution in [1.82, 2.24) is 9.88 Å². The fraction of sp³-hybridized carbons (Fsp3) is 0.286. The summed E-state index contributed by atoms with van der Waals surface area (Å²) in [5.74, 6) is -0.0862. The quantitative estimate of drug-likeness (QED) is 0.780. The number of ether oxygens (including phenoxy) is 1. The van der Waals surface area contributed by atoms with E-state index < -0.39 is 0 Å². The number of nitrogen functional groups attached to an aromatic ring is 1. The molecule has 26 heavy (non-hydrogen) atoms. The highest BCUT2D eigenvalue weighted by molar-refractivity contribution is 5.90. The standard InChI is InChI=1S/C21H22FN3O/c1-14-2-7-18-17(12-14)20(22)19(21(23)24-18)16-5-3-15(4-6-16)13-25-8-10-26-11-9-25/h2-7,12H,8-11,13H2,1H3,(H2,23,24). The molecular formula is C21H22FN3O. The van der Waals surface area contributed by atoms with Crippen molar-refractivity contribution >= 4 is 16.7 Å². The minimum Gasteiger partial charge on any atom is -0.383 e. The van der Waals surface area contributed by atoms with E-state index in [1.165, 1.54) is 5.56 Å².